The number of fused-ring (bicyclic) bond motifs is 1. The van der Waals surface area contributed by atoms with Gasteiger partial charge in [0.05, 0.1) is 17.2 Å². The van der Waals surface area contributed by atoms with E-state index in [2.05, 4.69) is 5.32 Å². The van der Waals surface area contributed by atoms with Gasteiger partial charge in [0.2, 0.25) is 5.91 Å². The van der Waals surface area contributed by atoms with Crippen molar-refractivity contribution in [3.63, 3.8) is 0 Å². The maximum Gasteiger partial charge on any atom is 0.253 e. The summed E-state index contributed by atoms with van der Waals surface area (Å²) in [6, 6.07) is 12.8. The predicted molar refractivity (Wildman–Crippen MR) is 75.4 cm³/mol. The summed E-state index contributed by atoms with van der Waals surface area (Å²) in [6.45, 7) is 2.00. The van der Waals surface area contributed by atoms with Crippen molar-refractivity contribution in [3.05, 3.63) is 70.3 Å². The highest BCUT2D eigenvalue weighted by molar-refractivity contribution is 6.10. The molecule has 2 aromatic rings. The van der Waals surface area contributed by atoms with Gasteiger partial charge in [0.15, 0.2) is 0 Å². The number of aryl methyl sites for hydroxylation is 1. The normalized spacial score (nSPS) is 16.6. The van der Waals surface area contributed by atoms with Crippen LogP contribution in [0.2, 0.25) is 0 Å². The summed E-state index contributed by atoms with van der Waals surface area (Å²) in [4.78, 5) is 23.6. The van der Waals surface area contributed by atoms with Crippen molar-refractivity contribution < 1.29 is 9.59 Å². The highest BCUT2D eigenvalue weighted by atomic mass is 16.2. The Morgan fingerprint density at radius 2 is 1.80 bits per heavy atom. The molecule has 100 valence electrons. The molecule has 1 unspecified atom stereocenters. The molecule has 0 fully saturated rings. The van der Waals surface area contributed by atoms with E-state index in [1.54, 1.807) is 12.1 Å². The Bertz CT molecular complexity index is 722. The van der Waals surface area contributed by atoms with Gasteiger partial charge in [-0.25, -0.2) is 0 Å². The number of hydrogen-bond acceptors (Lipinski definition) is 2. The molecule has 0 radical (unpaired) electrons. The molecule has 1 aliphatic heterocycles. The smallest absolute Gasteiger partial charge is 0.253 e. The molecule has 0 bridgehead atoms. The van der Waals surface area contributed by atoms with Gasteiger partial charge in [-0.3, -0.25) is 9.59 Å². The van der Waals surface area contributed by atoms with Crippen LogP contribution < -0.4 is 11.1 Å². The summed E-state index contributed by atoms with van der Waals surface area (Å²) in [7, 11) is 0. The van der Waals surface area contributed by atoms with Crippen LogP contribution in [0.25, 0.3) is 0 Å². The molecule has 4 nitrogen and oxygen atoms in total. The van der Waals surface area contributed by atoms with Gasteiger partial charge in [-0.1, -0.05) is 36.4 Å². The summed E-state index contributed by atoms with van der Waals surface area (Å²) in [5.41, 5.74) is 8.94. The number of hydrogen-bond donors (Lipinski definition) is 2. The number of nitrogens with two attached hydrogens (primary N) is 1. The highest BCUT2D eigenvalue weighted by Gasteiger charge is 2.33. The molecule has 0 saturated carbocycles. The molecule has 2 aromatic carbocycles. The lowest BCUT2D eigenvalue weighted by molar-refractivity contribution is 0.0943. The molecule has 3 rings (SSSR count). The minimum absolute atomic E-state index is 0.224. The van der Waals surface area contributed by atoms with Gasteiger partial charge in [0.1, 0.15) is 0 Å². The third-order valence-electron chi connectivity index (χ3n) is 3.68. The van der Waals surface area contributed by atoms with Gasteiger partial charge in [0.25, 0.3) is 5.91 Å². The Kier molecular flexibility index (Phi) is 2.79. The largest absolute Gasteiger partial charge is 0.366 e. The van der Waals surface area contributed by atoms with E-state index in [4.69, 9.17) is 5.73 Å². The first kappa shape index (κ1) is 12.4. The Balaban J connectivity index is 2.19. The van der Waals surface area contributed by atoms with Crippen molar-refractivity contribution in [2.24, 2.45) is 5.73 Å². The molecule has 3 N–H and O–H groups in total. The van der Waals surface area contributed by atoms with E-state index < -0.39 is 5.91 Å². The van der Waals surface area contributed by atoms with Gasteiger partial charge in [-0.2, -0.15) is 0 Å². The van der Waals surface area contributed by atoms with Crippen molar-refractivity contribution in [2.45, 2.75) is 13.0 Å². The molecule has 4 heteroatoms. The maximum atomic E-state index is 12.2. The zero-order chi connectivity index (χ0) is 14.3. The van der Waals surface area contributed by atoms with Crippen molar-refractivity contribution in [3.8, 4) is 0 Å². The number of primary amides is 1. The summed E-state index contributed by atoms with van der Waals surface area (Å²) in [5, 5.41) is 2.92. The Morgan fingerprint density at radius 3 is 2.50 bits per heavy atom. The Morgan fingerprint density at radius 1 is 1.10 bits per heavy atom. The minimum Gasteiger partial charge on any atom is -0.366 e. The summed E-state index contributed by atoms with van der Waals surface area (Å²) in [6.07, 6.45) is 0. The van der Waals surface area contributed by atoms with E-state index in [1.807, 2.05) is 37.3 Å². The summed E-state index contributed by atoms with van der Waals surface area (Å²) in [5.74, 6) is -0.829. The van der Waals surface area contributed by atoms with E-state index in [0.717, 1.165) is 16.7 Å². The van der Waals surface area contributed by atoms with Gasteiger partial charge < -0.3 is 11.1 Å². The number of rotatable bonds is 2. The average molecular weight is 266 g/mol. The number of nitrogens with one attached hydrogen (secondary N) is 1. The molecule has 1 atom stereocenters. The van der Waals surface area contributed by atoms with Crippen LogP contribution >= 0.6 is 0 Å². The number of carbonyl (C=O) groups is 2. The van der Waals surface area contributed by atoms with Crippen LogP contribution in [0.5, 0.6) is 0 Å². The van der Waals surface area contributed by atoms with Crippen LogP contribution in [-0.2, 0) is 0 Å². The van der Waals surface area contributed by atoms with Crippen LogP contribution in [0.3, 0.4) is 0 Å². The second-order valence-electron chi connectivity index (χ2n) is 4.90. The van der Waals surface area contributed by atoms with Crippen LogP contribution in [0.4, 0.5) is 0 Å². The summed E-state index contributed by atoms with van der Waals surface area (Å²) < 4.78 is 0. The number of amides is 2. The molecule has 1 heterocycles. The SMILES string of the molecule is Cc1ccccc1C1NC(=O)c2c(C(N)=O)cccc21. The fraction of sp³-hybridized carbons (Fsp3) is 0.125. The lowest BCUT2D eigenvalue weighted by Gasteiger charge is -2.15. The van der Waals surface area contributed by atoms with Gasteiger partial charge in [0, 0.05) is 0 Å². The zero-order valence-corrected chi connectivity index (χ0v) is 11.0. The molecule has 0 spiro atoms. The van der Waals surface area contributed by atoms with E-state index >= 15 is 0 Å². The van der Waals surface area contributed by atoms with Gasteiger partial charge in [-0.05, 0) is 29.7 Å². The standard InChI is InChI=1S/C16H14N2O2/c1-9-5-2-3-6-10(9)14-11-7-4-8-12(15(17)19)13(11)16(20)18-14/h2-8,14H,1H3,(H2,17,19)(H,18,20). The lowest BCUT2D eigenvalue weighted by Crippen LogP contribution is -2.22. The minimum atomic E-state index is -0.581. The van der Waals surface area contributed by atoms with Crippen LogP contribution in [-0.4, -0.2) is 11.8 Å². The fourth-order valence-corrected chi connectivity index (χ4v) is 2.71. The van der Waals surface area contributed by atoms with E-state index in [9.17, 15) is 9.59 Å². The third kappa shape index (κ3) is 1.77. The second-order valence-corrected chi connectivity index (χ2v) is 4.90. The number of benzene rings is 2. The molecule has 0 saturated heterocycles. The highest BCUT2D eigenvalue weighted by Crippen LogP contribution is 2.33. The van der Waals surface area contributed by atoms with Crippen molar-refractivity contribution in [2.75, 3.05) is 0 Å². The maximum absolute atomic E-state index is 12.2. The van der Waals surface area contributed by atoms with Gasteiger partial charge >= 0.3 is 0 Å². The molecule has 2 amide bonds. The lowest BCUT2D eigenvalue weighted by atomic mass is 9.93. The Hall–Kier alpha value is -2.62. The molecule has 0 aliphatic carbocycles. The van der Waals surface area contributed by atoms with Crippen molar-refractivity contribution in [1.82, 2.24) is 5.32 Å². The van der Waals surface area contributed by atoms with E-state index in [1.165, 1.54) is 0 Å². The van der Waals surface area contributed by atoms with Crippen LogP contribution in [0.15, 0.2) is 42.5 Å². The Labute approximate surface area is 116 Å². The first-order valence-corrected chi connectivity index (χ1v) is 6.38. The van der Waals surface area contributed by atoms with E-state index in [-0.39, 0.29) is 17.5 Å². The van der Waals surface area contributed by atoms with Gasteiger partial charge in [-0.15, -0.1) is 0 Å². The van der Waals surface area contributed by atoms with Crippen molar-refractivity contribution in [1.29, 1.82) is 0 Å². The third-order valence-corrected chi connectivity index (χ3v) is 3.68. The van der Waals surface area contributed by atoms with Crippen LogP contribution in [0, 0.1) is 6.92 Å². The molecule has 1 aliphatic rings. The average Bonchev–Trinajstić information content (AvgIpc) is 2.77. The van der Waals surface area contributed by atoms with E-state index in [0.29, 0.717) is 5.56 Å². The molecule has 20 heavy (non-hydrogen) atoms. The molecular weight excluding hydrogens is 252 g/mol. The predicted octanol–water partition coefficient (Wildman–Crippen LogP) is 1.93. The zero-order valence-electron chi connectivity index (χ0n) is 11.0. The first-order chi connectivity index (χ1) is 9.59. The number of carbonyl (C=O) groups excluding carboxylic acids is 2. The summed E-state index contributed by atoms with van der Waals surface area (Å²) >= 11 is 0. The molecule has 0 aromatic heterocycles. The monoisotopic (exact) mass is 266 g/mol. The van der Waals surface area contributed by atoms with Crippen molar-refractivity contribution >= 4 is 11.8 Å². The van der Waals surface area contributed by atoms with Crippen LogP contribution in [0.1, 0.15) is 43.4 Å². The quantitative estimate of drug-likeness (QED) is 0.871. The second kappa shape index (κ2) is 4.49. The topological polar surface area (TPSA) is 72.2 Å². The molecular formula is C16H14N2O2. The fourth-order valence-electron chi connectivity index (χ4n) is 2.71. The first-order valence-electron chi connectivity index (χ1n) is 6.38.